The van der Waals surface area contributed by atoms with Gasteiger partial charge in [0.05, 0.1) is 31.9 Å². The molecule has 0 aliphatic carbocycles. The lowest BCUT2D eigenvalue weighted by molar-refractivity contribution is 0.408. The predicted molar refractivity (Wildman–Crippen MR) is 82.0 cm³/mol. The lowest BCUT2D eigenvalue weighted by Crippen LogP contribution is -2.04. The minimum Gasteiger partial charge on any atom is -0.496 e. The summed E-state index contributed by atoms with van der Waals surface area (Å²) in [6.07, 6.45) is 5.26. The zero-order valence-electron chi connectivity index (χ0n) is 11.7. The molecular formula is C16H16N4O. The standard InChI is InChI=1S/C16H16N4O/c1-21-15-7-3-2-5-12(15)10-20-11-18-9-14(20)13-6-4-8-19-16(13)17/h2-9,11H,10H2,1H3,(H2,17,19). The van der Waals surface area contributed by atoms with E-state index in [0.717, 1.165) is 22.6 Å². The van der Waals surface area contributed by atoms with Crippen molar-refractivity contribution in [3.63, 3.8) is 0 Å². The molecule has 3 aromatic rings. The Morgan fingerprint density at radius 2 is 2.05 bits per heavy atom. The molecule has 0 saturated heterocycles. The number of ether oxygens (including phenoxy) is 1. The van der Waals surface area contributed by atoms with Crippen molar-refractivity contribution in [2.45, 2.75) is 6.54 Å². The van der Waals surface area contributed by atoms with Gasteiger partial charge >= 0.3 is 0 Å². The fraction of sp³-hybridized carbons (Fsp3) is 0.125. The number of para-hydroxylation sites is 1. The fourth-order valence-electron chi connectivity index (χ4n) is 2.32. The number of benzene rings is 1. The number of hydrogen-bond acceptors (Lipinski definition) is 4. The molecule has 2 aromatic heterocycles. The first kappa shape index (κ1) is 13.2. The van der Waals surface area contributed by atoms with E-state index in [1.165, 1.54) is 0 Å². The molecule has 2 N–H and O–H groups in total. The molecule has 0 radical (unpaired) electrons. The van der Waals surface area contributed by atoms with E-state index in [9.17, 15) is 0 Å². The molecule has 1 aromatic carbocycles. The normalized spacial score (nSPS) is 10.5. The molecule has 0 atom stereocenters. The molecule has 3 rings (SSSR count). The highest BCUT2D eigenvalue weighted by molar-refractivity contribution is 5.70. The van der Waals surface area contributed by atoms with Gasteiger partial charge in [0, 0.05) is 17.3 Å². The summed E-state index contributed by atoms with van der Waals surface area (Å²) in [4.78, 5) is 8.36. The molecule has 106 valence electrons. The first-order chi connectivity index (χ1) is 10.3. The number of pyridine rings is 1. The molecule has 0 saturated carbocycles. The Kier molecular flexibility index (Phi) is 3.55. The van der Waals surface area contributed by atoms with Gasteiger partial charge < -0.3 is 15.0 Å². The van der Waals surface area contributed by atoms with Crippen LogP contribution in [0.1, 0.15) is 5.56 Å². The van der Waals surface area contributed by atoms with Crippen molar-refractivity contribution in [3.05, 3.63) is 60.7 Å². The average molecular weight is 280 g/mol. The molecule has 2 heterocycles. The van der Waals surface area contributed by atoms with Crippen LogP contribution >= 0.6 is 0 Å². The third kappa shape index (κ3) is 2.58. The summed E-state index contributed by atoms with van der Waals surface area (Å²) in [7, 11) is 1.67. The van der Waals surface area contributed by atoms with Gasteiger partial charge in [-0.3, -0.25) is 0 Å². The van der Waals surface area contributed by atoms with Crippen LogP contribution in [-0.4, -0.2) is 21.6 Å². The minimum absolute atomic E-state index is 0.499. The van der Waals surface area contributed by atoms with Gasteiger partial charge in [-0.2, -0.15) is 0 Å². The van der Waals surface area contributed by atoms with Crippen LogP contribution in [0.15, 0.2) is 55.1 Å². The van der Waals surface area contributed by atoms with Crippen molar-refractivity contribution >= 4 is 5.82 Å². The van der Waals surface area contributed by atoms with Gasteiger partial charge in [0.2, 0.25) is 0 Å². The summed E-state index contributed by atoms with van der Waals surface area (Å²) >= 11 is 0. The maximum Gasteiger partial charge on any atom is 0.132 e. The van der Waals surface area contributed by atoms with Crippen LogP contribution in [-0.2, 0) is 6.54 Å². The SMILES string of the molecule is COc1ccccc1Cn1cncc1-c1cccnc1N. The number of nitrogens with two attached hydrogens (primary N) is 1. The van der Waals surface area contributed by atoms with E-state index in [0.29, 0.717) is 12.4 Å². The van der Waals surface area contributed by atoms with Gasteiger partial charge in [0.1, 0.15) is 11.6 Å². The molecule has 0 amide bonds. The maximum atomic E-state index is 5.95. The summed E-state index contributed by atoms with van der Waals surface area (Å²) in [5.41, 5.74) is 8.85. The average Bonchev–Trinajstić information content (AvgIpc) is 2.96. The van der Waals surface area contributed by atoms with Gasteiger partial charge in [-0.25, -0.2) is 9.97 Å². The fourth-order valence-corrected chi connectivity index (χ4v) is 2.32. The smallest absolute Gasteiger partial charge is 0.132 e. The predicted octanol–water partition coefficient (Wildman–Crippen LogP) is 2.58. The number of rotatable bonds is 4. The highest BCUT2D eigenvalue weighted by Gasteiger charge is 2.10. The molecular weight excluding hydrogens is 264 g/mol. The van der Waals surface area contributed by atoms with Gasteiger partial charge in [-0.1, -0.05) is 18.2 Å². The first-order valence-electron chi connectivity index (χ1n) is 6.62. The lowest BCUT2D eigenvalue weighted by Gasteiger charge is -2.12. The van der Waals surface area contributed by atoms with Crippen LogP contribution in [0.4, 0.5) is 5.82 Å². The van der Waals surface area contributed by atoms with Crippen molar-refractivity contribution in [2.75, 3.05) is 12.8 Å². The number of imidazole rings is 1. The Morgan fingerprint density at radius 3 is 2.86 bits per heavy atom. The third-order valence-corrected chi connectivity index (χ3v) is 3.36. The summed E-state index contributed by atoms with van der Waals surface area (Å²) in [5.74, 6) is 1.36. The molecule has 0 fully saturated rings. The maximum absolute atomic E-state index is 5.95. The number of nitrogen functional groups attached to an aromatic ring is 1. The van der Waals surface area contributed by atoms with Gasteiger partial charge in [0.15, 0.2) is 0 Å². The zero-order valence-corrected chi connectivity index (χ0v) is 11.7. The number of methoxy groups -OCH3 is 1. The summed E-state index contributed by atoms with van der Waals surface area (Å²) in [6.45, 7) is 0.660. The molecule has 0 aliphatic heterocycles. The van der Waals surface area contributed by atoms with Crippen LogP contribution in [0.25, 0.3) is 11.3 Å². The molecule has 5 nitrogen and oxygen atoms in total. The van der Waals surface area contributed by atoms with Crippen molar-refractivity contribution in [3.8, 4) is 17.0 Å². The molecule has 21 heavy (non-hydrogen) atoms. The quantitative estimate of drug-likeness (QED) is 0.797. The van der Waals surface area contributed by atoms with E-state index in [1.54, 1.807) is 25.8 Å². The van der Waals surface area contributed by atoms with Crippen LogP contribution in [0.5, 0.6) is 5.75 Å². The Balaban J connectivity index is 1.99. The summed E-state index contributed by atoms with van der Waals surface area (Å²) < 4.78 is 7.43. The second-order valence-electron chi connectivity index (χ2n) is 4.65. The van der Waals surface area contributed by atoms with Crippen molar-refractivity contribution < 1.29 is 4.74 Å². The van der Waals surface area contributed by atoms with E-state index in [2.05, 4.69) is 9.97 Å². The summed E-state index contributed by atoms with van der Waals surface area (Å²) in [6, 6.07) is 11.7. The minimum atomic E-state index is 0.499. The molecule has 0 bridgehead atoms. The number of aromatic nitrogens is 3. The van der Waals surface area contributed by atoms with Crippen molar-refractivity contribution in [1.29, 1.82) is 0 Å². The van der Waals surface area contributed by atoms with Crippen LogP contribution < -0.4 is 10.5 Å². The Morgan fingerprint density at radius 1 is 1.19 bits per heavy atom. The Labute approximate surface area is 123 Å². The second-order valence-corrected chi connectivity index (χ2v) is 4.65. The van der Waals surface area contributed by atoms with Crippen LogP contribution in [0.2, 0.25) is 0 Å². The molecule has 5 heteroatoms. The van der Waals surface area contributed by atoms with Crippen LogP contribution in [0.3, 0.4) is 0 Å². The molecule has 0 unspecified atom stereocenters. The third-order valence-electron chi connectivity index (χ3n) is 3.36. The number of nitrogens with zero attached hydrogens (tertiary/aromatic N) is 3. The zero-order chi connectivity index (χ0) is 14.7. The van der Waals surface area contributed by atoms with Gasteiger partial charge in [-0.05, 0) is 18.2 Å². The first-order valence-corrected chi connectivity index (χ1v) is 6.62. The topological polar surface area (TPSA) is 66.0 Å². The monoisotopic (exact) mass is 280 g/mol. The van der Waals surface area contributed by atoms with E-state index >= 15 is 0 Å². The second kappa shape index (κ2) is 5.66. The highest BCUT2D eigenvalue weighted by atomic mass is 16.5. The summed E-state index contributed by atoms with van der Waals surface area (Å²) in [5, 5.41) is 0. The van der Waals surface area contributed by atoms with E-state index in [1.807, 2.05) is 41.0 Å². The van der Waals surface area contributed by atoms with E-state index in [-0.39, 0.29) is 0 Å². The molecule has 0 spiro atoms. The van der Waals surface area contributed by atoms with E-state index in [4.69, 9.17) is 10.5 Å². The number of hydrogen-bond donors (Lipinski definition) is 1. The Hall–Kier alpha value is -2.82. The van der Waals surface area contributed by atoms with Gasteiger partial charge in [-0.15, -0.1) is 0 Å². The van der Waals surface area contributed by atoms with E-state index < -0.39 is 0 Å². The lowest BCUT2D eigenvalue weighted by atomic mass is 10.1. The van der Waals surface area contributed by atoms with Crippen molar-refractivity contribution in [1.82, 2.24) is 14.5 Å². The van der Waals surface area contributed by atoms with Gasteiger partial charge in [0.25, 0.3) is 0 Å². The Bertz CT molecular complexity index is 751. The highest BCUT2D eigenvalue weighted by Crippen LogP contribution is 2.26. The molecule has 0 aliphatic rings. The largest absolute Gasteiger partial charge is 0.496 e. The van der Waals surface area contributed by atoms with Crippen molar-refractivity contribution in [2.24, 2.45) is 0 Å². The van der Waals surface area contributed by atoms with Crippen LogP contribution in [0, 0.1) is 0 Å². The number of anilines is 1.